The van der Waals surface area contributed by atoms with E-state index in [0.717, 1.165) is 164 Å². The molecule has 116 heavy (non-hydrogen) atoms. The van der Waals surface area contributed by atoms with Gasteiger partial charge >= 0.3 is 17.9 Å². The molecule has 18 fully saturated rings. The highest BCUT2D eigenvalue weighted by molar-refractivity contribution is 6.84. The molecule has 22 atom stereocenters. The zero-order valence-corrected chi connectivity index (χ0v) is 73.7. The van der Waals surface area contributed by atoms with Crippen LogP contribution in [0.15, 0.2) is 48.5 Å². The number of fused-ring (bicyclic) bond motifs is 6. The van der Waals surface area contributed by atoms with Crippen molar-refractivity contribution in [2.45, 2.75) is 362 Å². The number of carbonyl (C=O) groups excluding carboxylic acids is 3. The minimum absolute atomic E-state index is 0.00258. The van der Waals surface area contributed by atoms with Gasteiger partial charge in [-0.05, 0) is 299 Å². The van der Waals surface area contributed by atoms with Crippen LogP contribution < -0.4 is 9.47 Å². The van der Waals surface area contributed by atoms with Crippen LogP contribution in [0.1, 0.15) is 231 Å². The molecule has 22 heteroatoms. The van der Waals surface area contributed by atoms with Gasteiger partial charge in [0.05, 0.1) is 139 Å². The van der Waals surface area contributed by atoms with Gasteiger partial charge in [-0.1, -0.05) is 71.2 Å². The van der Waals surface area contributed by atoms with E-state index in [0.29, 0.717) is 142 Å². The summed E-state index contributed by atoms with van der Waals surface area (Å²) in [6, 6.07) is 19.4. The Morgan fingerprint density at radius 1 is 0.371 bits per heavy atom. The largest absolute Gasteiger partial charge is 0.491 e. The molecule has 648 valence electrons. The van der Waals surface area contributed by atoms with Gasteiger partial charge in [0.15, 0.2) is 16.6 Å². The van der Waals surface area contributed by atoms with Crippen molar-refractivity contribution < 1.29 is 94.3 Å². The molecule has 9 saturated carbocycles. The molecule has 0 aromatic heterocycles. The van der Waals surface area contributed by atoms with Gasteiger partial charge in [-0.15, -0.1) is 0 Å². The second kappa shape index (κ2) is 38.7. The van der Waals surface area contributed by atoms with Crippen LogP contribution >= 0.6 is 0 Å². The lowest BCUT2D eigenvalue weighted by atomic mass is 9.60. The summed E-state index contributed by atoms with van der Waals surface area (Å²) >= 11 is 0. The first-order valence-electron chi connectivity index (χ1n) is 46.6. The van der Waals surface area contributed by atoms with Crippen LogP contribution in [-0.4, -0.2) is 205 Å². The molecule has 9 saturated heterocycles. The first kappa shape index (κ1) is 85.9. The summed E-state index contributed by atoms with van der Waals surface area (Å²) < 4.78 is 94.8. The molecular formula is C94H144O20Si2. The third kappa shape index (κ3) is 26.5. The van der Waals surface area contributed by atoms with Crippen molar-refractivity contribution in [2.24, 2.45) is 64.6 Å². The van der Waals surface area contributed by atoms with Gasteiger partial charge in [0.2, 0.25) is 0 Å². The Morgan fingerprint density at radius 2 is 0.733 bits per heavy atom. The normalized spacial score (nSPS) is 37.9. The SMILES string of the molecule is CC(C)(C1CCC(OCC2CO2)CC1)C1CCC(OCC2CO2)CC1.CC(C)(c1ccc(OCC2CO2)cc1)c1ccc(OCC2CO2)cc1.C[Si](C)(CCC1CCC2CC2C1)O[Si](C)(C)CCC1CCC2OC2C1.O=C(CC(=O)OCC1CCC2OC2C1)OCC1CCC2OC2C1.O=C(OCC1CCC2OC2C1)C1CCC2OC2C1. The lowest BCUT2D eigenvalue weighted by molar-refractivity contribution is -0.156. The Hall–Kier alpha value is -3.60. The average molecular weight is 1650 g/mol. The van der Waals surface area contributed by atoms with E-state index in [1.54, 1.807) is 12.8 Å². The van der Waals surface area contributed by atoms with Crippen LogP contribution in [-0.2, 0) is 90.2 Å². The zero-order valence-electron chi connectivity index (χ0n) is 71.7. The molecule has 0 spiro atoms. The minimum Gasteiger partial charge on any atom is -0.491 e. The Balaban J connectivity index is 0.000000109. The lowest BCUT2D eigenvalue weighted by Gasteiger charge is -2.46. The van der Waals surface area contributed by atoms with E-state index in [2.05, 4.69) is 78.1 Å². The summed E-state index contributed by atoms with van der Waals surface area (Å²) in [5.74, 6) is 8.07. The summed E-state index contributed by atoms with van der Waals surface area (Å²) in [5, 5.41) is 0. The molecule has 0 radical (unpaired) electrons. The lowest BCUT2D eigenvalue weighted by Crippen LogP contribution is -2.44. The summed E-state index contributed by atoms with van der Waals surface area (Å²) in [5.41, 5.74) is 2.87. The number of esters is 3. The Labute approximate surface area is 695 Å². The van der Waals surface area contributed by atoms with E-state index >= 15 is 0 Å². The predicted octanol–water partition coefficient (Wildman–Crippen LogP) is 17.0. The van der Waals surface area contributed by atoms with Gasteiger partial charge in [0.25, 0.3) is 0 Å². The van der Waals surface area contributed by atoms with E-state index in [4.69, 9.17) is 79.9 Å². The second-order valence-electron chi connectivity index (χ2n) is 41.2. The van der Waals surface area contributed by atoms with E-state index in [9.17, 15) is 14.4 Å². The third-order valence-electron chi connectivity index (χ3n) is 30.1. The first-order valence-corrected chi connectivity index (χ1v) is 52.8. The van der Waals surface area contributed by atoms with Crippen molar-refractivity contribution in [3.05, 3.63) is 59.7 Å². The molecule has 9 aliphatic carbocycles. The van der Waals surface area contributed by atoms with Gasteiger partial charge in [-0.3, -0.25) is 14.4 Å². The number of rotatable bonds is 33. The fourth-order valence-corrected chi connectivity index (χ4v) is 30.3. The van der Waals surface area contributed by atoms with Crippen LogP contribution in [0.5, 0.6) is 11.5 Å². The van der Waals surface area contributed by atoms with E-state index in [-0.39, 0.29) is 35.9 Å². The summed E-state index contributed by atoms with van der Waals surface area (Å²) in [7, 11) is -2.99. The monoisotopic (exact) mass is 1650 g/mol. The Morgan fingerprint density at radius 3 is 1.13 bits per heavy atom. The van der Waals surface area contributed by atoms with Crippen molar-refractivity contribution in [3.8, 4) is 11.5 Å². The van der Waals surface area contributed by atoms with Crippen LogP contribution in [0.3, 0.4) is 0 Å². The van der Waals surface area contributed by atoms with Gasteiger partial charge in [-0.2, -0.15) is 0 Å². The van der Waals surface area contributed by atoms with Gasteiger partial charge < -0.3 is 79.9 Å². The molecule has 22 unspecified atom stereocenters. The van der Waals surface area contributed by atoms with Crippen LogP contribution in [0.2, 0.25) is 38.3 Å². The van der Waals surface area contributed by atoms with Crippen molar-refractivity contribution in [3.63, 3.8) is 0 Å². The van der Waals surface area contributed by atoms with Gasteiger partial charge in [0.1, 0.15) is 55.5 Å². The molecule has 0 amide bonds. The van der Waals surface area contributed by atoms with E-state index < -0.39 is 28.6 Å². The molecule has 9 aliphatic heterocycles. The highest BCUT2D eigenvalue weighted by Crippen LogP contribution is 2.54. The van der Waals surface area contributed by atoms with Crippen molar-refractivity contribution in [2.75, 3.05) is 72.7 Å². The third-order valence-corrected chi connectivity index (χ3v) is 37.5. The van der Waals surface area contributed by atoms with E-state index in [1.807, 2.05) is 24.3 Å². The maximum absolute atomic E-state index is 12.0. The molecule has 9 heterocycles. The summed E-state index contributed by atoms with van der Waals surface area (Å²) in [6.45, 7) is 27.2. The molecule has 2 aromatic carbocycles. The Bertz CT molecular complexity index is 3270. The highest BCUT2D eigenvalue weighted by atomic mass is 28.4. The summed E-state index contributed by atoms with van der Waals surface area (Å²) in [4.78, 5) is 35.4. The number of hydrogen-bond acceptors (Lipinski definition) is 20. The average Bonchev–Trinajstić information content (AvgIpc) is 1.55. The Kier molecular flexibility index (Phi) is 28.6. The van der Waals surface area contributed by atoms with E-state index in [1.165, 1.54) is 120 Å². The topological polar surface area (TPSA) is 238 Å². The quantitative estimate of drug-likeness (QED) is 0.0212. The van der Waals surface area contributed by atoms with Gasteiger partial charge in [-0.25, -0.2) is 0 Å². The van der Waals surface area contributed by atoms with Gasteiger partial charge in [0, 0.05) is 5.41 Å². The molecular weight excluding hydrogens is 1510 g/mol. The molecule has 0 N–H and O–H groups in total. The summed E-state index contributed by atoms with van der Waals surface area (Å²) in [6.07, 6.45) is 42.4. The maximum atomic E-state index is 12.0. The first-order chi connectivity index (χ1) is 56.0. The maximum Gasteiger partial charge on any atom is 0.317 e. The number of carbonyl (C=O) groups is 3. The number of ether oxygens (including phenoxy) is 16. The zero-order chi connectivity index (χ0) is 80.1. The standard InChI is InChI=1S/C21H36O4.C21H24O4.C21H40O2Si2.C17H24O6.C14H20O4/c2*1-21(2,15-3-7-17(8-4-15)22-11-19-13-24-19)16-5-9-18(10-6-16)23-12-20-14-25-20;1-24(2,11-9-16-5-7-18-15-19(18)13-16)23-25(3,4)12-10-17-6-8-20-21(14-17)22-20;18-16(20-8-10-1-3-12-14(5-10)22-12)7-17(19)21-9-11-2-4-13-15(6-11)23-13;15-14(9-2-4-11-13(6-9)18-11)16-7-8-1-3-10-12(5-8)17-10/h15-20H,3-14H2,1-2H3;3-10,19-20H,11-14H2,1-2H3;16-21H,5-15H2,1-4H3;10-15H,1-9H2;8-13H,1-7H2. The highest BCUT2D eigenvalue weighted by Gasteiger charge is 2.51. The molecule has 20 rings (SSSR count). The number of benzene rings is 2. The fraction of sp³-hybridized carbons (Fsp3) is 0.840. The van der Waals surface area contributed by atoms with Crippen molar-refractivity contribution >= 4 is 34.5 Å². The van der Waals surface area contributed by atoms with Crippen molar-refractivity contribution in [1.29, 1.82) is 0 Å². The molecule has 0 bridgehead atoms. The fourth-order valence-electron chi connectivity index (χ4n) is 21.3. The molecule has 20 nitrogen and oxygen atoms in total. The molecule has 18 aliphatic rings. The van der Waals surface area contributed by atoms with Crippen molar-refractivity contribution in [1.82, 2.24) is 0 Å². The van der Waals surface area contributed by atoms with Crippen LogP contribution in [0, 0.1) is 64.6 Å². The predicted molar refractivity (Wildman–Crippen MR) is 443 cm³/mol. The number of epoxide rings is 9. The minimum atomic E-state index is -1.50. The van der Waals surface area contributed by atoms with Crippen LogP contribution in [0.25, 0.3) is 0 Å². The number of hydrogen-bond donors (Lipinski definition) is 0. The second-order valence-corrected chi connectivity index (χ2v) is 50.0. The smallest absolute Gasteiger partial charge is 0.317 e. The molecule has 2 aromatic rings. The van der Waals surface area contributed by atoms with Crippen LogP contribution in [0.4, 0.5) is 0 Å².